The molecule has 4 nitrogen and oxygen atoms in total. The van der Waals surface area contributed by atoms with Gasteiger partial charge in [-0.05, 0) is 41.6 Å². The maximum Gasteiger partial charge on any atom is 0.290 e. The minimum atomic E-state index is -0.382. The van der Waals surface area contributed by atoms with Gasteiger partial charge in [-0.25, -0.2) is 0 Å². The Labute approximate surface area is 142 Å². The first-order valence-corrected chi connectivity index (χ1v) is 8.02. The van der Waals surface area contributed by atoms with Crippen molar-refractivity contribution in [3.8, 4) is 5.75 Å². The van der Waals surface area contributed by atoms with E-state index in [2.05, 4.69) is 5.32 Å². The number of imide groups is 1. The third-order valence-electron chi connectivity index (χ3n) is 3.16. The highest BCUT2D eigenvalue weighted by Crippen LogP contribution is 2.29. The van der Waals surface area contributed by atoms with Gasteiger partial charge < -0.3 is 4.74 Å². The third kappa shape index (κ3) is 3.94. The summed E-state index contributed by atoms with van der Waals surface area (Å²) in [7, 11) is 0. The fraction of sp³-hybridized carbons (Fsp3) is 0.0588. The fourth-order valence-electron chi connectivity index (χ4n) is 2.04. The van der Waals surface area contributed by atoms with Gasteiger partial charge in [-0.3, -0.25) is 14.9 Å². The lowest BCUT2D eigenvalue weighted by atomic mass is 10.2. The van der Waals surface area contributed by atoms with Crippen molar-refractivity contribution in [2.45, 2.75) is 6.61 Å². The fourth-order valence-corrected chi connectivity index (χ4v) is 2.83. The molecule has 0 radical (unpaired) electrons. The van der Waals surface area contributed by atoms with Crippen LogP contribution in [0.4, 0.5) is 4.79 Å². The number of hydrogen-bond acceptors (Lipinski definition) is 4. The number of thioether (sulfide) groups is 1. The van der Waals surface area contributed by atoms with Gasteiger partial charge in [0.1, 0.15) is 12.4 Å². The molecular formula is C17H12ClNO3S. The highest BCUT2D eigenvalue weighted by molar-refractivity contribution is 8.18. The van der Waals surface area contributed by atoms with Crippen molar-refractivity contribution in [3.63, 3.8) is 0 Å². The standard InChI is InChI=1S/C17H12ClNO3S/c18-13-7-5-11(6-8-13)10-22-14-4-2-1-3-12(14)9-15-16(20)19-17(21)23-15/h1-9H,10H2,(H,19,20,21). The van der Waals surface area contributed by atoms with Crippen LogP contribution in [0, 0.1) is 0 Å². The summed E-state index contributed by atoms with van der Waals surface area (Å²) >= 11 is 6.74. The van der Waals surface area contributed by atoms with Crippen LogP contribution in [0.15, 0.2) is 53.4 Å². The Balaban J connectivity index is 1.78. The number of carbonyl (C=O) groups excluding carboxylic acids is 2. The number of para-hydroxylation sites is 1. The molecular weight excluding hydrogens is 334 g/mol. The van der Waals surface area contributed by atoms with Crippen LogP contribution in [-0.2, 0) is 11.4 Å². The summed E-state index contributed by atoms with van der Waals surface area (Å²) in [5.41, 5.74) is 1.73. The van der Waals surface area contributed by atoms with Crippen LogP contribution in [-0.4, -0.2) is 11.1 Å². The Morgan fingerprint density at radius 3 is 2.52 bits per heavy atom. The van der Waals surface area contributed by atoms with Crippen molar-refractivity contribution in [2.75, 3.05) is 0 Å². The molecule has 1 aliphatic heterocycles. The monoisotopic (exact) mass is 345 g/mol. The van der Waals surface area contributed by atoms with Crippen molar-refractivity contribution in [1.82, 2.24) is 5.32 Å². The number of rotatable bonds is 4. The van der Waals surface area contributed by atoms with Crippen LogP contribution in [0.25, 0.3) is 6.08 Å². The van der Waals surface area contributed by atoms with E-state index in [0.29, 0.717) is 22.3 Å². The molecule has 1 saturated heterocycles. The largest absolute Gasteiger partial charge is 0.488 e. The molecule has 0 bridgehead atoms. The molecule has 2 aromatic carbocycles. The summed E-state index contributed by atoms with van der Waals surface area (Å²) in [5, 5.41) is 2.55. The average molecular weight is 346 g/mol. The smallest absolute Gasteiger partial charge is 0.290 e. The minimum absolute atomic E-state index is 0.359. The maximum absolute atomic E-state index is 11.6. The van der Waals surface area contributed by atoms with Gasteiger partial charge in [0.05, 0.1) is 4.91 Å². The molecule has 0 aliphatic carbocycles. The number of ether oxygens (including phenoxy) is 1. The van der Waals surface area contributed by atoms with Gasteiger partial charge in [0.2, 0.25) is 0 Å². The molecule has 0 atom stereocenters. The molecule has 0 spiro atoms. The van der Waals surface area contributed by atoms with E-state index >= 15 is 0 Å². The molecule has 0 aromatic heterocycles. The van der Waals surface area contributed by atoms with Crippen molar-refractivity contribution in [1.29, 1.82) is 0 Å². The third-order valence-corrected chi connectivity index (χ3v) is 4.22. The Morgan fingerprint density at radius 2 is 1.83 bits per heavy atom. The Morgan fingerprint density at radius 1 is 1.09 bits per heavy atom. The van der Waals surface area contributed by atoms with E-state index in [4.69, 9.17) is 16.3 Å². The number of halogens is 1. The highest BCUT2D eigenvalue weighted by Gasteiger charge is 2.25. The summed E-state index contributed by atoms with van der Waals surface area (Å²) in [4.78, 5) is 23.2. The van der Waals surface area contributed by atoms with Crippen LogP contribution in [0.1, 0.15) is 11.1 Å². The van der Waals surface area contributed by atoms with Crippen LogP contribution in [0.3, 0.4) is 0 Å². The van der Waals surface area contributed by atoms with Gasteiger partial charge in [-0.15, -0.1) is 0 Å². The molecule has 1 heterocycles. The zero-order valence-corrected chi connectivity index (χ0v) is 13.5. The van der Waals surface area contributed by atoms with Gasteiger partial charge in [-0.2, -0.15) is 0 Å². The van der Waals surface area contributed by atoms with Crippen LogP contribution in [0.2, 0.25) is 5.02 Å². The normalized spacial score (nSPS) is 15.8. The van der Waals surface area contributed by atoms with Crippen LogP contribution < -0.4 is 10.1 Å². The van der Waals surface area contributed by atoms with Crippen molar-refractivity contribution in [3.05, 3.63) is 69.6 Å². The van der Waals surface area contributed by atoms with Gasteiger partial charge in [0.25, 0.3) is 11.1 Å². The second-order valence-corrected chi connectivity index (χ2v) is 6.26. The molecule has 1 N–H and O–H groups in total. The quantitative estimate of drug-likeness (QED) is 0.842. The van der Waals surface area contributed by atoms with E-state index in [1.807, 2.05) is 36.4 Å². The number of benzene rings is 2. The Hall–Kier alpha value is -2.24. The van der Waals surface area contributed by atoms with E-state index in [0.717, 1.165) is 22.9 Å². The number of hydrogen-bond donors (Lipinski definition) is 1. The summed E-state index contributed by atoms with van der Waals surface area (Å²) in [5.74, 6) is 0.259. The summed E-state index contributed by atoms with van der Waals surface area (Å²) in [6.07, 6.45) is 1.65. The maximum atomic E-state index is 11.6. The first-order valence-electron chi connectivity index (χ1n) is 6.83. The minimum Gasteiger partial charge on any atom is -0.488 e. The van der Waals surface area contributed by atoms with E-state index in [1.165, 1.54) is 0 Å². The lowest BCUT2D eigenvalue weighted by Crippen LogP contribution is -2.17. The SMILES string of the molecule is O=C1NC(=O)C(=Cc2ccccc2OCc2ccc(Cl)cc2)S1. The Bertz CT molecular complexity index is 787. The zero-order chi connectivity index (χ0) is 16.2. The predicted octanol–water partition coefficient (Wildman–Crippen LogP) is 4.24. The van der Waals surface area contributed by atoms with Crippen molar-refractivity contribution < 1.29 is 14.3 Å². The highest BCUT2D eigenvalue weighted by atomic mass is 35.5. The molecule has 1 fully saturated rings. The lowest BCUT2D eigenvalue weighted by Gasteiger charge is -2.09. The van der Waals surface area contributed by atoms with Gasteiger partial charge in [0, 0.05) is 10.6 Å². The predicted molar refractivity (Wildman–Crippen MR) is 91.3 cm³/mol. The number of nitrogens with one attached hydrogen (secondary N) is 1. The van der Waals surface area contributed by atoms with Crippen molar-refractivity contribution in [2.24, 2.45) is 0 Å². The number of amides is 2. The first kappa shape index (κ1) is 15.6. The summed E-state index contributed by atoms with van der Waals surface area (Å²) in [6.45, 7) is 0.385. The van der Waals surface area contributed by atoms with E-state index < -0.39 is 0 Å². The zero-order valence-electron chi connectivity index (χ0n) is 11.9. The lowest BCUT2D eigenvalue weighted by molar-refractivity contribution is -0.115. The van der Waals surface area contributed by atoms with Crippen LogP contribution >= 0.6 is 23.4 Å². The Kier molecular flexibility index (Phi) is 4.69. The molecule has 2 aromatic rings. The van der Waals surface area contributed by atoms with Crippen LogP contribution in [0.5, 0.6) is 5.75 Å². The van der Waals surface area contributed by atoms with Crippen molar-refractivity contribution >= 4 is 40.6 Å². The molecule has 23 heavy (non-hydrogen) atoms. The summed E-state index contributed by atoms with van der Waals surface area (Å²) in [6, 6.07) is 14.7. The second kappa shape index (κ2) is 6.89. The molecule has 2 amide bonds. The van der Waals surface area contributed by atoms with E-state index in [1.54, 1.807) is 18.2 Å². The molecule has 6 heteroatoms. The molecule has 116 valence electrons. The molecule has 0 unspecified atom stereocenters. The van der Waals surface area contributed by atoms with Gasteiger partial charge in [0.15, 0.2) is 0 Å². The van der Waals surface area contributed by atoms with E-state index in [-0.39, 0.29) is 11.1 Å². The topological polar surface area (TPSA) is 55.4 Å². The molecule has 0 saturated carbocycles. The first-order chi connectivity index (χ1) is 11.1. The molecule has 3 rings (SSSR count). The van der Waals surface area contributed by atoms with Gasteiger partial charge in [-0.1, -0.05) is 41.9 Å². The second-order valence-electron chi connectivity index (χ2n) is 4.81. The summed E-state index contributed by atoms with van der Waals surface area (Å²) < 4.78 is 5.82. The molecule has 1 aliphatic rings. The number of carbonyl (C=O) groups is 2. The average Bonchev–Trinajstić information content (AvgIpc) is 2.86. The van der Waals surface area contributed by atoms with Gasteiger partial charge >= 0.3 is 0 Å². The van der Waals surface area contributed by atoms with E-state index in [9.17, 15) is 9.59 Å².